The molecule has 1 atom stereocenters. The second-order valence-corrected chi connectivity index (χ2v) is 6.03. The highest BCUT2D eigenvalue weighted by atomic mass is 16.2. The molecule has 0 saturated carbocycles. The van der Waals surface area contributed by atoms with Gasteiger partial charge < -0.3 is 9.88 Å². The van der Waals surface area contributed by atoms with E-state index < -0.39 is 17.6 Å². The monoisotopic (exact) mass is 359 g/mol. The second-order valence-electron chi connectivity index (χ2n) is 6.03. The minimum atomic E-state index is -1.43. The molecule has 0 radical (unpaired) electrons. The number of pyridine rings is 1. The third-order valence-electron chi connectivity index (χ3n) is 4.26. The van der Waals surface area contributed by atoms with Gasteiger partial charge in [-0.05, 0) is 17.5 Å². The SMILES string of the molecule is N#CC(C(=O)CCn1ccccc1=O)C(=O)Nc1cccc2ccccc12. The Morgan fingerprint density at radius 3 is 2.56 bits per heavy atom. The summed E-state index contributed by atoms with van der Waals surface area (Å²) in [5.41, 5.74) is 0.310. The molecule has 134 valence electrons. The van der Waals surface area contributed by atoms with E-state index in [0.29, 0.717) is 5.69 Å². The maximum atomic E-state index is 12.5. The smallest absolute Gasteiger partial charge is 0.250 e. The fourth-order valence-corrected chi connectivity index (χ4v) is 2.84. The molecule has 0 aliphatic rings. The molecule has 0 saturated heterocycles. The van der Waals surface area contributed by atoms with E-state index >= 15 is 0 Å². The summed E-state index contributed by atoms with van der Waals surface area (Å²) in [6, 6.07) is 19.4. The van der Waals surface area contributed by atoms with Crippen LogP contribution in [0.15, 0.2) is 71.7 Å². The molecule has 6 heteroatoms. The number of ketones is 1. The summed E-state index contributed by atoms with van der Waals surface area (Å²) in [5, 5.41) is 13.8. The van der Waals surface area contributed by atoms with Crippen LogP contribution in [0.2, 0.25) is 0 Å². The lowest BCUT2D eigenvalue weighted by atomic mass is 10.0. The van der Waals surface area contributed by atoms with E-state index in [-0.39, 0.29) is 18.5 Å². The molecule has 6 nitrogen and oxygen atoms in total. The molecule has 0 bridgehead atoms. The molecule has 2 aromatic carbocycles. The summed E-state index contributed by atoms with van der Waals surface area (Å²) in [6.45, 7) is 0.123. The van der Waals surface area contributed by atoms with Gasteiger partial charge in [0.15, 0.2) is 11.7 Å². The molecular weight excluding hydrogens is 342 g/mol. The van der Waals surface area contributed by atoms with Gasteiger partial charge >= 0.3 is 0 Å². The van der Waals surface area contributed by atoms with Crippen LogP contribution in [0.1, 0.15) is 6.42 Å². The van der Waals surface area contributed by atoms with Gasteiger partial charge in [-0.15, -0.1) is 0 Å². The number of benzene rings is 2. The number of hydrogen-bond acceptors (Lipinski definition) is 4. The number of carbonyl (C=O) groups excluding carboxylic acids is 2. The van der Waals surface area contributed by atoms with E-state index in [2.05, 4.69) is 5.32 Å². The average molecular weight is 359 g/mol. The van der Waals surface area contributed by atoms with Crippen LogP contribution in [-0.4, -0.2) is 16.3 Å². The first-order valence-electron chi connectivity index (χ1n) is 8.46. The third kappa shape index (κ3) is 4.10. The van der Waals surface area contributed by atoms with Crippen molar-refractivity contribution in [3.8, 4) is 6.07 Å². The van der Waals surface area contributed by atoms with Crippen molar-refractivity contribution in [2.75, 3.05) is 5.32 Å². The van der Waals surface area contributed by atoms with Crippen LogP contribution >= 0.6 is 0 Å². The lowest BCUT2D eigenvalue weighted by Crippen LogP contribution is -2.30. The number of carbonyl (C=O) groups is 2. The van der Waals surface area contributed by atoms with Crippen LogP contribution in [0.25, 0.3) is 10.8 Å². The van der Waals surface area contributed by atoms with Gasteiger partial charge in [-0.2, -0.15) is 5.26 Å². The highest BCUT2D eigenvalue weighted by Gasteiger charge is 2.26. The summed E-state index contributed by atoms with van der Waals surface area (Å²) in [7, 11) is 0. The van der Waals surface area contributed by atoms with Crippen molar-refractivity contribution in [3.63, 3.8) is 0 Å². The highest BCUT2D eigenvalue weighted by Crippen LogP contribution is 2.23. The molecule has 1 unspecified atom stereocenters. The Labute approximate surface area is 155 Å². The number of aryl methyl sites for hydroxylation is 1. The molecule has 0 fully saturated rings. The van der Waals surface area contributed by atoms with E-state index in [1.807, 2.05) is 30.3 Å². The first-order chi connectivity index (χ1) is 13.1. The van der Waals surface area contributed by atoms with Crippen molar-refractivity contribution in [1.82, 2.24) is 4.57 Å². The minimum absolute atomic E-state index is 0.0783. The molecule has 1 amide bonds. The standard InChI is InChI=1S/C21H17N3O3/c22-14-17(19(25)11-13-24-12-4-3-10-20(24)26)21(27)23-18-9-5-7-15-6-1-2-8-16(15)18/h1-10,12,17H,11,13H2,(H,23,27). The predicted octanol–water partition coefficient (Wildman–Crippen LogP) is 2.74. The highest BCUT2D eigenvalue weighted by molar-refractivity contribution is 6.12. The number of rotatable bonds is 6. The first-order valence-corrected chi connectivity index (χ1v) is 8.46. The summed E-state index contributed by atoms with van der Waals surface area (Å²) in [6.07, 6.45) is 1.48. The molecule has 0 spiro atoms. The fourth-order valence-electron chi connectivity index (χ4n) is 2.84. The van der Waals surface area contributed by atoms with Crippen molar-refractivity contribution in [1.29, 1.82) is 5.26 Å². The Kier molecular flexibility index (Phi) is 5.43. The van der Waals surface area contributed by atoms with E-state index in [1.165, 1.54) is 10.6 Å². The molecule has 1 N–H and O–H groups in total. The fraction of sp³-hybridized carbons (Fsp3) is 0.143. The number of hydrogen-bond donors (Lipinski definition) is 1. The molecule has 1 heterocycles. The van der Waals surface area contributed by atoms with Crippen molar-refractivity contribution in [2.24, 2.45) is 5.92 Å². The number of fused-ring (bicyclic) bond motifs is 1. The maximum absolute atomic E-state index is 12.5. The second kappa shape index (κ2) is 8.11. The van der Waals surface area contributed by atoms with Gasteiger partial charge in [-0.25, -0.2) is 0 Å². The number of nitrogens with one attached hydrogen (secondary N) is 1. The van der Waals surface area contributed by atoms with Crippen LogP contribution in [0, 0.1) is 17.2 Å². The third-order valence-corrected chi connectivity index (χ3v) is 4.26. The van der Waals surface area contributed by atoms with Crippen LogP contribution in [0.4, 0.5) is 5.69 Å². The number of amides is 1. The van der Waals surface area contributed by atoms with E-state index in [1.54, 1.807) is 36.5 Å². The summed E-state index contributed by atoms with van der Waals surface area (Å²) in [4.78, 5) is 36.5. The minimum Gasteiger partial charge on any atom is -0.324 e. The average Bonchev–Trinajstić information content (AvgIpc) is 2.68. The summed E-state index contributed by atoms with van der Waals surface area (Å²) >= 11 is 0. The normalized spacial score (nSPS) is 11.5. The van der Waals surface area contributed by atoms with Gasteiger partial charge in [0.2, 0.25) is 5.91 Å². The number of Topliss-reactive ketones (excluding diaryl/α,β-unsaturated/α-hetero) is 1. The lowest BCUT2D eigenvalue weighted by Gasteiger charge is -2.12. The Bertz CT molecular complexity index is 1090. The number of nitriles is 1. The van der Waals surface area contributed by atoms with E-state index in [9.17, 15) is 19.6 Å². The van der Waals surface area contributed by atoms with Gasteiger partial charge in [-0.3, -0.25) is 14.4 Å². The zero-order valence-corrected chi connectivity index (χ0v) is 14.5. The number of nitrogens with zero attached hydrogens (tertiary/aromatic N) is 2. The summed E-state index contributed by atoms with van der Waals surface area (Å²) in [5.74, 6) is -2.62. The predicted molar refractivity (Wildman–Crippen MR) is 102 cm³/mol. The molecular formula is C21H17N3O3. The van der Waals surface area contributed by atoms with Crippen LogP contribution in [0.5, 0.6) is 0 Å². The molecule has 3 rings (SSSR count). The van der Waals surface area contributed by atoms with Gasteiger partial charge in [0.05, 0.1) is 6.07 Å². The Morgan fingerprint density at radius 1 is 1.04 bits per heavy atom. The van der Waals surface area contributed by atoms with E-state index in [0.717, 1.165) is 10.8 Å². The van der Waals surface area contributed by atoms with Gasteiger partial charge in [0.1, 0.15) is 0 Å². The van der Waals surface area contributed by atoms with Crippen LogP contribution in [-0.2, 0) is 16.1 Å². The Balaban J connectivity index is 1.72. The quantitative estimate of drug-likeness (QED) is 0.685. The van der Waals surface area contributed by atoms with Gasteiger partial charge in [0, 0.05) is 36.3 Å². The van der Waals surface area contributed by atoms with Crippen molar-refractivity contribution in [3.05, 3.63) is 77.2 Å². The first kappa shape index (κ1) is 18.1. The van der Waals surface area contributed by atoms with Crippen LogP contribution < -0.4 is 10.9 Å². The number of aromatic nitrogens is 1. The molecule has 27 heavy (non-hydrogen) atoms. The Morgan fingerprint density at radius 2 is 1.78 bits per heavy atom. The van der Waals surface area contributed by atoms with Crippen molar-refractivity contribution >= 4 is 28.2 Å². The summed E-state index contributed by atoms with van der Waals surface area (Å²) < 4.78 is 1.37. The zero-order valence-electron chi connectivity index (χ0n) is 14.5. The Hall–Kier alpha value is -3.72. The lowest BCUT2D eigenvalue weighted by molar-refractivity contribution is -0.129. The maximum Gasteiger partial charge on any atom is 0.250 e. The molecule has 1 aromatic heterocycles. The van der Waals surface area contributed by atoms with Crippen molar-refractivity contribution < 1.29 is 9.59 Å². The molecule has 0 aliphatic carbocycles. The van der Waals surface area contributed by atoms with Gasteiger partial charge in [0.25, 0.3) is 5.56 Å². The topological polar surface area (TPSA) is 92.0 Å². The van der Waals surface area contributed by atoms with E-state index in [4.69, 9.17) is 0 Å². The van der Waals surface area contributed by atoms with Crippen molar-refractivity contribution in [2.45, 2.75) is 13.0 Å². The molecule has 0 aliphatic heterocycles. The zero-order chi connectivity index (χ0) is 19.2. The largest absolute Gasteiger partial charge is 0.324 e. The number of anilines is 1. The van der Waals surface area contributed by atoms with Crippen LogP contribution in [0.3, 0.4) is 0 Å². The van der Waals surface area contributed by atoms with Gasteiger partial charge in [-0.1, -0.05) is 42.5 Å². The molecule has 3 aromatic rings.